The number of anilines is 1. The zero-order chi connectivity index (χ0) is 15.5. The Morgan fingerprint density at radius 1 is 1.00 bits per heavy atom. The van der Waals surface area contributed by atoms with Crippen LogP contribution in [0.4, 0.5) is 24.5 Å². The van der Waals surface area contributed by atoms with E-state index in [1.54, 1.807) is 12.3 Å². The summed E-state index contributed by atoms with van der Waals surface area (Å²) in [6.07, 6.45) is -2.80. The molecule has 5 heteroatoms. The molecule has 0 aromatic heterocycles. The van der Waals surface area contributed by atoms with Gasteiger partial charge in [-0.15, -0.1) is 0 Å². The van der Waals surface area contributed by atoms with Gasteiger partial charge in [0.2, 0.25) is 0 Å². The summed E-state index contributed by atoms with van der Waals surface area (Å²) in [4.78, 5) is 6.05. The van der Waals surface area contributed by atoms with E-state index in [0.717, 1.165) is 23.4 Å². The predicted octanol–water partition coefficient (Wildman–Crippen LogP) is 4.52. The Morgan fingerprint density at radius 2 is 1.67 bits per heavy atom. The van der Waals surface area contributed by atoms with E-state index in [0.29, 0.717) is 0 Å². The van der Waals surface area contributed by atoms with Gasteiger partial charge in [0.05, 0.1) is 11.3 Å². The van der Waals surface area contributed by atoms with E-state index in [9.17, 15) is 13.2 Å². The highest BCUT2D eigenvalue weighted by molar-refractivity contribution is 5.82. The average molecular weight is 292 g/mol. The number of rotatable bonds is 3. The SMILES string of the molecule is CN(C)c1ccc(C=Nc2cccc(C(F)(F)F)c2)cc1. The van der Waals surface area contributed by atoms with Gasteiger partial charge in [-0.3, -0.25) is 4.99 Å². The Hall–Kier alpha value is -2.30. The molecule has 0 aliphatic rings. The summed E-state index contributed by atoms with van der Waals surface area (Å²) in [6.45, 7) is 0. The fourth-order valence-corrected chi connectivity index (χ4v) is 1.77. The van der Waals surface area contributed by atoms with Crippen LogP contribution in [0.25, 0.3) is 0 Å². The van der Waals surface area contributed by atoms with Crippen molar-refractivity contribution < 1.29 is 13.2 Å². The minimum absolute atomic E-state index is 0.279. The van der Waals surface area contributed by atoms with Gasteiger partial charge in [0.25, 0.3) is 0 Å². The van der Waals surface area contributed by atoms with Crippen LogP contribution in [0, 0.1) is 0 Å². The van der Waals surface area contributed by atoms with E-state index < -0.39 is 11.7 Å². The normalized spacial score (nSPS) is 11.9. The van der Waals surface area contributed by atoms with Crippen LogP contribution in [0.1, 0.15) is 11.1 Å². The van der Waals surface area contributed by atoms with Crippen molar-refractivity contribution in [2.75, 3.05) is 19.0 Å². The topological polar surface area (TPSA) is 15.6 Å². The molecule has 0 atom stereocenters. The first-order valence-electron chi connectivity index (χ1n) is 6.35. The molecule has 110 valence electrons. The largest absolute Gasteiger partial charge is 0.416 e. The first-order valence-corrected chi connectivity index (χ1v) is 6.35. The van der Waals surface area contributed by atoms with E-state index in [4.69, 9.17) is 0 Å². The monoisotopic (exact) mass is 292 g/mol. The van der Waals surface area contributed by atoms with Crippen molar-refractivity contribution in [1.82, 2.24) is 0 Å². The first-order chi connectivity index (χ1) is 9.86. The van der Waals surface area contributed by atoms with Crippen LogP contribution in [0.15, 0.2) is 53.5 Å². The smallest absolute Gasteiger partial charge is 0.378 e. The van der Waals surface area contributed by atoms with Gasteiger partial charge in [0.1, 0.15) is 0 Å². The molecule has 0 saturated heterocycles. The van der Waals surface area contributed by atoms with Gasteiger partial charge in [-0.1, -0.05) is 18.2 Å². The number of benzene rings is 2. The molecule has 2 aromatic rings. The lowest BCUT2D eigenvalue weighted by Gasteiger charge is -2.11. The second-order valence-electron chi connectivity index (χ2n) is 4.79. The highest BCUT2D eigenvalue weighted by Crippen LogP contribution is 2.31. The first kappa shape index (κ1) is 15.1. The van der Waals surface area contributed by atoms with Crippen molar-refractivity contribution in [1.29, 1.82) is 0 Å². The third kappa shape index (κ3) is 4.08. The van der Waals surface area contributed by atoms with Crippen molar-refractivity contribution in [2.24, 2.45) is 4.99 Å². The summed E-state index contributed by atoms with van der Waals surface area (Å²) in [5, 5.41) is 0. The summed E-state index contributed by atoms with van der Waals surface area (Å²) in [7, 11) is 3.87. The molecule has 0 unspecified atom stereocenters. The molecule has 0 amide bonds. The zero-order valence-corrected chi connectivity index (χ0v) is 11.7. The molecule has 21 heavy (non-hydrogen) atoms. The molecule has 0 aliphatic carbocycles. The summed E-state index contributed by atoms with van der Waals surface area (Å²) >= 11 is 0. The van der Waals surface area contributed by atoms with Crippen LogP contribution in [-0.4, -0.2) is 20.3 Å². The van der Waals surface area contributed by atoms with Gasteiger partial charge in [-0.2, -0.15) is 13.2 Å². The molecule has 0 heterocycles. The maximum atomic E-state index is 12.6. The molecule has 2 aromatic carbocycles. The van der Waals surface area contributed by atoms with Gasteiger partial charge in [0.15, 0.2) is 0 Å². The van der Waals surface area contributed by atoms with Crippen LogP contribution in [0.2, 0.25) is 0 Å². The molecule has 0 radical (unpaired) electrons. The second kappa shape index (κ2) is 5.99. The van der Waals surface area contributed by atoms with Crippen molar-refractivity contribution in [3.05, 3.63) is 59.7 Å². The number of aliphatic imine (C=N–C) groups is 1. The van der Waals surface area contributed by atoms with Crippen LogP contribution < -0.4 is 4.90 Å². The van der Waals surface area contributed by atoms with E-state index >= 15 is 0 Å². The van der Waals surface area contributed by atoms with E-state index in [2.05, 4.69) is 4.99 Å². The molecule has 0 spiro atoms. The second-order valence-corrected chi connectivity index (χ2v) is 4.79. The number of nitrogens with zero attached hydrogens (tertiary/aromatic N) is 2. The standard InChI is InChI=1S/C16H15F3N2/c1-21(2)15-8-6-12(7-9-15)11-20-14-5-3-4-13(10-14)16(17,18)19/h3-11H,1-2H3. The van der Waals surface area contributed by atoms with Crippen molar-refractivity contribution >= 4 is 17.6 Å². The van der Waals surface area contributed by atoms with Crippen molar-refractivity contribution in [3.63, 3.8) is 0 Å². The predicted molar refractivity (Wildman–Crippen MR) is 79.5 cm³/mol. The quantitative estimate of drug-likeness (QED) is 0.759. The van der Waals surface area contributed by atoms with Gasteiger partial charge in [-0.05, 0) is 35.9 Å². The molecular formula is C16H15F3N2. The van der Waals surface area contributed by atoms with Gasteiger partial charge >= 0.3 is 6.18 Å². The maximum Gasteiger partial charge on any atom is 0.416 e. The lowest BCUT2D eigenvalue weighted by molar-refractivity contribution is -0.137. The summed E-state index contributed by atoms with van der Waals surface area (Å²) in [5.41, 5.74) is 1.46. The number of alkyl halides is 3. The molecule has 0 bridgehead atoms. The summed E-state index contributed by atoms with van der Waals surface area (Å²) in [5.74, 6) is 0. The average Bonchev–Trinajstić information content (AvgIpc) is 2.45. The van der Waals surface area contributed by atoms with Gasteiger partial charge < -0.3 is 4.90 Å². The highest BCUT2D eigenvalue weighted by atomic mass is 19.4. The maximum absolute atomic E-state index is 12.6. The number of hydrogen-bond donors (Lipinski definition) is 0. The Morgan fingerprint density at radius 3 is 2.24 bits per heavy atom. The van der Waals surface area contributed by atoms with Crippen molar-refractivity contribution in [3.8, 4) is 0 Å². The molecule has 0 aliphatic heterocycles. The van der Waals surface area contributed by atoms with Crippen LogP contribution in [0.5, 0.6) is 0 Å². The van der Waals surface area contributed by atoms with Crippen LogP contribution in [-0.2, 0) is 6.18 Å². The Labute approximate surface area is 121 Å². The third-order valence-electron chi connectivity index (χ3n) is 2.95. The van der Waals surface area contributed by atoms with Crippen LogP contribution >= 0.6 is 0 Å². The lowest BCUT2D eigenvalue weighted by Crippen LogP contribution is -2.08. The minimum atomic E-state index is -4.35. The number of hydrogen-bond acceptors (Lipinski definition) is 2. The Balaban J connectivity index is 2.17. The minimum Gasteiger partial charge on any atom is -0.378 e. The van der Waals surface area contributed by atoms with Crippen molar-refractivity contribution in [2.45, 2.75) is 6.18 Å². The van der Waals surface area contributed by atoms with E-state index in [1.807, 2.05) is 43.3 Å². The Bertz CT molecular complexity index is 629. The molecule has 0 saturated carbocycles. The molecular weight excluding hydrogens is 277 g/mol. The summed E-state index contributed by atoms with van der Waals surface area (Å²) in [6, 6.07) is 12.5. The number of halogens is 3. The van der Waals surface area contributed by atoms with Gasteiger partial charge in [-0.25, -0.2) is 0 Å². The highest BCUT2D eigenvalue weighted by Gasteiger charge is 2.30. The van der Waals surface area contributed by atoms with E-state index in [1.165, 1.54) is 6.07 Å². The third-order valence-corrected chi connectivity index (χ3v) is 2.95. The fourth-order valence-electron chi connectivity index (χ4n) is 1.77. The zero-order valence-electron chi connectivity index (χ0n) is 11.7. The molecule has 2 nitrogen and oxygen atoms in total. The Kier molecular flexibility index (Phi) is 4.31. The van der Waals surface area contributed by atoms with Gasteiger partial charge in [0, 0.05) is 26.0 Å². The molecule has 0 N–H and O–H groups in total. The summed E-state index contributed by atoms with van der Waals surface area (Å²) < 4.78 is 37.8. The molecule has 0 fully saturated rings. The fraction of sp³-hybridized carbons (Fsp3) is 0.188. The van der Waals surface area contributed by atoms with Crippen LogP contribution in [0.3, 0.4) is 0 Å². The lowest BCUT2D eigenvalue weighted by atomic mass is 10.2. The van der Waals surface area contributed by atoms with E-state index in [-0.39, 0.29) is 5.69 Å². The molecule has 2 rings (SSSR count).